The van der Waals surface area contributed by atoms with E-state index in [1.807, 2.05) is 18.2 Å². The zero-order valence-corrected chi connectivity index (χ0v) is 39.1. The van der Waals surface area contributed by atoms with E-state index in [1.165, 1.54) is 38.9 Å². The molecule has 0 amide bonds. The minimum absolute atomic E-state index is 0. The van der Waals surface area contributed by atoms with Gasteiger partial charge in [0.1, 0.15) is 6.54 Å². The smallest absolute Gasteiger partial charge is 0.748 e. The second kappa shape index (κ2) is 17.7. The van der Waals surface area contributed by atoms with Crippen molar-refractivity contribution < 1.29 is 57.0 Å². The molecule has 1 aliphatic carbocycles. The molecule has 308 valence electrons. The molecule has 2 aliphatic heterocycles. The maximum atomic E-state index is 11.9. The Kier molecular flexibility index (Phi) is 12.9. The van der Waals surface area contributed by atoms with Crippen molar-refractivity contribution in [3.05, 3.63) is 160 Å². The van der Waals surface area contributed by atoms with Gasteiger partial charge in [0.2, 0.25) is 5.69 Å². The van der Waals surface area contributed by atoms with Crippen LogP contribution in [-0.2, 0) is 20.9 Å². The number of benzene rings is 5. The van der Waals surface area contributed by atoms with E-state index in [9.17, 15) is 22.9 Å². The molecule has 0 atom stereocenters. The number of fused-ring (bicyclic) bond motifs is 6. The van der Waals surface area contributed by atoms with Crippen molar-refractivity contribution in [3.63, 3.8) is 0 Å². The van der Waals surface area contributed by atoms with Gasteiger partial charge in [-0.3, -0.25) is 0 Å². The quantitative estimate of drug-likeness (QED) is 0.0768. The van der Waals surface area contributed by atoms with E-state index < -0.39 is 27.3 Å². The SMILES string of the molecule is CCCC[N+]1=C(/C=C/C2=C(c3ccc(C(=O)O)cc3)C(=C/C=C3/N(CCCS(=O)(=O)[O-])c4ccc5ccccc5c4C3(C)C)/CCC2)C(C)(C)c2c1ccc1ccccc21.[Na+]. The Morgan fingerprint density at radius 1 is 0.803 bits per heavy atom. The van der Waals surface area contributed by atoms with Crippen molar-refractivity contribution in [2.24, 2.45) is 0 Å². The van der Waals surface area contributed by atoms with Crippen LogP contribution in [0, 0.1) is 0 Å². The summed E-state index contributed by atoms with van der Waals surface area (Å²) in [6.07, 6.45) is 14.1. The second-order valence-corrected chi connectivity index (χ2v) is 19.0. The third kappa shape index (κ3) is 8.50. The Hall–Kier alpha value is -4.57. The fourth-order valence-corrected chi connectivity index (χ4v) is 10.5. The Bertz CT molecular complexity index is 2810. The van der Waals surface area contributed by atoms with Gasteiger partial charge in [0, 0.05) is 53.2 Å². The molecule has 0 aromatic heterocycles. The van der Waals surface area contributed by atoms with Gasteiger partial charge in [-0.1, -0.05) is 106 Å². The van der Waals surface area contributed by atoms with Crippen molar-refractivity contribution >= 4 is 60.3 Å². The predicted octanol–water partition coefficient (Wildman–Crippen LogP) is 8.61. The Labute approximate surface area is 382 Å². The molecule has 7 nitrogen and oxygen atoms in total. The number of carboxylic acids is 1. The maximum Gasteiger partial charge on any atom is 1.00 e. The van der Waals surface area contributed by atoms with Crippen LogP contribution in [0.1, 0.15) is 100 Å². The van der Waals surface area contributed by atoms with Gasteiger partial charge in [-0.25, -0.2) is 13.2 Å². The number of rotatable bonds is 12. The topological polar surface area (TPSA) is 101 Å². The largest absolute Gasteiger partial charge is 1.00 e. The van der Waals surface area contributed by atoms with Gasteiger partial charge in [-0.15, -0.1) is 0 Å². The molecule has 0 saturated carbocycles. The number of aromatic carboxylic acids is 1. The van der Waals surface area contributed by atoms with Gasteiger partial charge >= 0.3 is 35.5 Å². The molecule has 0 saturated heterocycles. The molecule has 0 fully saturated rings. The first-order valence-corrected chi connectivity index (χ1v) is 22.9. The molecule has 1 N–H and O–H groups in total. The maximum absolute atomic E-state index is 11.9. The summed E-state index contributed by atoms with van der Waals surface area (Å²) in [6, 6.07) is 33.0. The number of hydrogen-bond acceptors (Lipinski definition) is 5. The minimum Gasteiger partial charge on any atom is -0.748 e. The summed E-state index contributed by atoms with van der Waals surface area (Å²) >= 11 is 0. The fourth-order valence-electron chi connectivity index (χ4n) is 10.0. The summed E-state index contributed by atoms with van der Waals surface area (Å²) in [5, 5.41) is 14.6. The molecule has 0 radical (unpaired) electrons. The van der Waals surface area contributed by atoms with Crippen LogP contribution in [0.2, 0.25) is 0 Å². The van der Waals surface area contributed by atoms with E-state index >= 15 is 0 Å². The summed E-state index contributed by atoms with van der Waals surface area (Å²) in [7, 11) is -4.37. The number of carbonyl (C=O) groups is 1. The number of unbranched alkanes of at least 4 members (excludes halogenated alkanes) is 1. The molecule has 0 unspecified atom stereocenters. The molecule has 0 bridgehead atoms. The third-order valence-corrected chi connectivity index (χ3v) is 13.6. The van der Waals surface area contributed by atoms with Gasteiger partial charge in [-0.05, 0) is 119 Å². The summed E-state index contributed by atoms with van der Waals surface area (Å²) in [4.78, 5) is 14.1. The summed E-state index contributed by atoms with van der Waals surface area (Å²) in [6.45, 7) is 12.7. The van der Waals surface area contributed by atoms with E-state index in [1.54, 1.807) is 12.1 Å². The van der Waals surface area contributed by atoms with Crippen molar-refractivity contribution in [2.45, 2.75) is 84.0 Å². The van der Waals surface area contributed by atoms with E-state index in [0.29, 0.717) is 6.54 Å². The molecule has 8 rings (SSSR count). The third-order valence-electron chi connectivity index (χ3n) is 12.9. The first-order chi connectivity index (χ1) is 28.7. The molecule has 61 heavy (non-hydrogen) atoms. The predicted molar refractivity (Wildman–Crippen MR) is 245 cm³/mol. The zero-order chi connectivity index (χ0) is 42.4. The normalized spacial score (nSPS) is 18.4. The number of allylic oxidation sites excluding steroid dienone is 8. The molecular formula is C52H54N2NaO5S+. The van der Waals surface area contributed by atoms with Crippen LogP contribution in [0.15, 0.2) is 138 Å². The van der Waals surface area contributed by atoms with E-state index in [2.05, 4.69) is 135 Å². The molecule has 2 heterocycles. The Balaban J connectivity index is 0.00000561. The number of hydrogen-bond donors (Lipinski definition) is 1. The van der Waals surface area contributed by atoms with Crippen LogP contribution >= 0.6 is 0 Å². The second-order valence-electron chi connectivity index (χ2n) is 17.5. The molecule has 9 heteroatoms. The van der Waals surface area contributed by atoms with Gasteiger partial charge in [0.15, 0.2) is 5.71 Å². The van der Waals surface area contributed by atoms with E-state index in [4.69, 9.17) is 0 Å². The molecular weight excluding hydrogens is 788 g/mol. The molecule has 0 spiro atoms. The fraction of sp³-hybridized carbons (Fsp3) is 0.308. The summed E-state index contributed by atoms with van der Waals surface area (Å²) in [5.74, 6) is -1.39. The monoisotopic (exact) mass is 841 g/mol. The van der Waals surface area contributed by atoms with Crippen molar-refractivity contribution in [3.8, 4) is 0 Å². The van der Waals surface area contributed by atoms with Crippen LogP contribution in [0.4, 0.5) is 11.4 Å². The van der Waals surface area contributed by atoms with Gasteiger partial charge in [-0.2, -0.15) is 4.58 Å². The van der Waals surface area contributed by atoms with Crippen LogP contribution in [0.25, 0.3) is 27.1 Å². The van der Waals surface area contributed by atoms with E-state index in [0.717, 1.165) is 77.5 Å². The van der Waals surface area contributed by atoms with Crippen molar-refractivity contribution in [1.82, 2.24) is 0 Å². The number of carboxylic acid groups (broad SMARTS) is 1. The Morgan fingerprint density at radius 2 is 1.46 bits per heavy atom. The first-order valence-electron chi connectivity index (χ1n) is 21.3. The average molecular weight is 842 g/mol. The molecule has 5 aromatic rings. The van der Waals surface area contributed by atoms with Crippen LogP contribution in [0.3, 0.4) is 0 Å². The average Bonchev–Trinajstić information content (AvgIpc) is 3.58. The first kappa shape index (κ1) is 44.5. The molecule has 3 aliphatic rings. The Morgan fingerprint density at radius 3 is 2.11 bits per heavy atom. The van der Waals surface area contributed by atoms with Gasteiger partial charge < -0.3 is 14.6 Å². The van der Waals surface area contributed by atoms with Crippen LogP contribution in [0.5, 0.6) is 0 Å². The van der Waals surface area contributed by atoms with Crippen molar-refractivity contribution in [1.29, 1.82) is 0 Å². The molecule has 5 aromatic carbocycles. The minimum atomic E-state index is -4.37. The van der Waals surface area contributed by atoms with Crippen LogP contribution in [-0.4, -0.2) is 53.2 Å². The number of nitrogens with zero attached hydrogens (tertiary/aromatic N) is 2. The zero-order valence-electron chi connectivity index (χ0n) is 36.3. The number of anilines is 1. The summed E-state index contributed by atoms with van der Waals surface area (Å²) in [5.41, 5.74) is 11.1. The van der Waals surface area contributed by atoms with Crippen LogP contribution < -0.4 is 34.5 Å². The van der Waals surface area contributed by atoms with Crippen molar-refractivity contribution in [2.75, 3.05) is 23.7 Å². The van der Waals surface area contributed by atoms with Gasteiger partial charge in [0.05, 0.1) is 21.1 Å². The van der Waals surface area contributed by atoms with E-state index in [-0.39, 0.29) is 47.0 Å². The van der Waals surface area contributed by atoms with Gasteiger partial charge in [0.25, 0.3) is 0 Å². The summed E-state index contributed by atoms with van der Waals surface area (Å²) < 4.78 is 37.7. The standard InChI is InChI=1S/C52H54N2O5S.Na/c1-6-7-32-53-43-28-24-35-14-8-10-18-41(35)48(43)51(2,3)45(53)30-26-37-16-12-17-38(47(37)39-20-22-40(23-21-39)50(55)56)27-31-46-52(4,5)49-42-19-11-9-15-36(42)25-29-44(49)54(46)33-13-34-60(57,58)59;/h8-11,14-15,18-31H,6-7,12-13,16-17,32-34H2,1-5H3,(H-,55,56,57,58,59);/q;+1.